The van der Waals surface area contributed by atoms with Crippen LogP contribution in [0.4, 0.5) is 5.69 Å². The molecule has 0 N–H and O–H groups in total. The summed E-state index contributed by atoms with van der Waals surface area (Å²) in [5.74, 6) is 0. The minimum atomic E-state index is 0.801. The molecule has 0 radical (unpaired) electrons. The fourth-order valence-corrected chi connectivity index (χ4v) is 5.31. The van der Waals surface area contributed by atoms with Crippen LogP contribution in [-0.4, -0.2) is 61.2 Å². The highest BCUT2D eigenvalue weighted by Crippen LogP contribution is 2.28. The average Bonchev–Trinajstić information content (AvgIpc) is 2.69. The van der Waals surface area contributed by atoms with Gasteiger partial charge >= 0.3 is 0 Å². The molecule has 1 atom stereocenters. The molecule has 2 aliphatic heterocycles. The van der Waals surface area contributed by atoms with E-state index in [1.807, 2.05) is 0 Å². The Morgan fingerprint density at radius 1 is 0.720 bits per heavy atom. The number of hydrogen-bond acceptors (Lipinski definition) is 3. The Labute approximate surface area is 154 Å². The molecule has 0 bridgehead atoms. The second-order valence-corrected chi connectivity index (χ2v) is 8.39. The van der Waals surface area contributed by atoms with Crippen molar-refractivity contribution in [1.82, 2.24) is 9.80 Å². The summed E-state index contributed by atoms with van der Waals surface area (Å²) in [7, 11) is 0. The predicted octanol–water partition coefficient (Wildman–Crippen LogP) is 3.91. The molecule has 0 amide bonds. The first kappa shape index (κ1) is 17.4. The van der Waals surface area contributed by atoms with Crippen LogP contribution in [0.1, 0.15) is 50.5 Å². The van der Waals surface area contributed by atoms with Crippen LogP contribution in [0, 0.1) is 6.92 Å². The van der Waals surface area contributed by atoms with Crippen molar-refractivity contribution in [3.05, 3.63) is 29.8 Å². The van der Waals surface area contributed by atoms with E-state index in [-0.39, 0.29) is 0 Å². The fraction of sp³-hybridized carbons (Fsp3) is 0.727. The predicted molar refractivity (Wildman–Crippen MR) is 106 cm³/mol. The molecule has 1 aromatic rings. The van der Waals surface area contributed by atoms with Crippen molar-refractivity contribution in [2.75, 3.05) is 44.2 Å². The largest absolute Gasteiger partial charge is 0.369 e. The number of hydrogen-bond donors (Lipinski definition) is 0. The van der Waals surface area contributed by atoms with E-state index in [2.05, 4.69) is 45.9 Å². The highest BCUT2D eigenvalue weighted by atomic mass is 15.3. The molecule has 138 valence electrons. The van der Waals surface area contributed by atoms with Crippen LogP contribution >= 0.6 is 0 Å². The Kier molecular flexibility index (Phi) is 5.62. The molecule has 3 nitrogen and oxygen atoms in total. The smallest absolute Gasteiger partial charge is 0.0396 e. The summed E-state index contributed by atoms with van der Waals surface area (Å²) >= 11 is 0. The summed E-state index contributed by atoms with van der Waals surface area (Å²) in [6.45, 7) is 9.76. The van der Waals surface area contributed by atoms with Gasteiger partial charge in [-0.25, -0.2) is 0 Å². The van der Waals surface area contributed by atoms with Gasteiger partial charge in [-0.05, 0) is 50.8 Å². The third kappa shape index (κ3) is 4.03. The average molecular weight is 342 g/mol. The van der Waals surface area contributed by atoms with Crippen LogP contribution < -0.4 is 4.90 Å². The topological polar surface area (TPSA) is 9.72 Å². The minimum absolute atomic E-state index is 0.801. The number of anilines is 1. The van der Waals surface area contributed by atoms with Gasteiger partial charge in [0.2, 0.25) is 0 Å². The molecule has 2 heterocycles. The Bertz CT molecular complexity index is 544. The van der Waals surface area contributed by atoms with Crippen molar-refractivity contribution >= 4 is 5.69 Å². The lowest BCUT2D eigenvalue weighted by Gasteiger charge is -2.46. The highest BCUT2D eigenvalue weighted by molar-refractivity contribution is 5.53. The molecule has 1 unspecified atom stereocenters. The Morgan fingerprint density at radius 2 is 1.44 bits per heavy atom. The molecule has 2 saturated heterocycles. The lowest BCUT2D eigenvalue weighted by Crippen LogP contribution is -2.56. The standard InChI is InChI=1S/C22H35N3/c1-19-8-5-6-12-22(19)24-16-14-23(15-17-24)21-11-7-13-25(18-21)20-9-3-2-4-10-20/h5-6,8,12,20-21H,2-4,7,9-11,13-18H2,1H3. The van der Waals surface area contributed by atoms with Gasteiger partial charge in [-0.3, -0.25) is 9.80 Å². The molecule has 1 saturated carbocycles. The van der Waals surface area contributed by atoms with Crippen LogP contribution in [0.3, 0.4) is 0 Å². The highest BCUT2D eigenvalue weighted by Gasteiger charge is 2.31. The summed E-state index contributed by atoms with van der Waals surface area (Å²) < 4.78 is 0. The van der Waals surface area contributed by atoms with Crippen molar-refractivity contribution in [3.8, 4) is 0 Å². The number of benzene rings is 1. The quantitative estimate of drug-likeness (QED) is 0.825. The normalized spacial score (nSPS) is 27.6. The van der Waals surface area contributed by atoms with Gasteiger partial charge < -0.3 is 4.90 Å². The van der Waals surface area contributed by atoms with Gasteiger partial charge in [-0.2, -0.15) is 0 Å². The number of para-hydroxylation sites is 1. The van der Waals surface area contributed by atoms with Crippen molar-refractivity contribution in [3.63, 3.8) is 0 Å². The third-order valence-electron chi connectivity index (χ3n) is 6.81. The molecule has 1 aromatic carbocycles. The van der Waals surface area contributed by atoms with Crippen molar-refractivity contribution in [1.29, 1.82) is 0 Å². The Balaban J connectivity index is 1.32. The van der Waals surface area contributed by atoms with Crippen LogP contribution in [0.5, 0.6) is 0 Å². The van der Waals surface area contributed by atoms with Crippen molar-refractivity contribution in [2.24, 2.45) is 0 Å². The molecular formula is C22H35N3. The van der Waals surface area contributed by atoms with Gasteiger partial charge in [0.25, 0.3) is 0 Å². The number of rotatable bonds is 3. The number of nitrogens with zero attached hydrogens (tertiary/aromatic N) is 3. The summed E-state index contributed by atoms with van der Waals surface area (Å²) in [6, 6.07) is 10.6. The molecule has 25 heavy (non-hydrogen) atoms. The van der Waals surface area contributed by atoms with Gasteiger partial charge in [-0.1, -0.05) is 37.5 Å². The van der Waals surface area contributed by atoms with Crippen LogP contribution in [0.2, 0.25) is 0 Å². The van der Waals surface area contributed by atoms with E-state index < -0.39 is 0 Å². The van der Waals surface area contributed by atoms with Gasteiger partial charge in [0.15, 0.2) is 0 Å². The molecule has 3 heteroatoms. The first-order valence-electron chi connectivity index (χ1n) is 10.6. The Hall–Kier alpha value is -1.06. The third-order valence-corrected chi connectivity index (χ3v) is 6.81. The number of likely N-dealkylation sites (tertiary alicyclic amines) is 1. The molecule has 4 rings (SSSR count). The zero-order valence-electron chi connectivity index (χ0n) is 16.0. The van der Waals surface area contributed by atoms with E-state index in [9.17, 15) is 0 Å². The van der Waals surface area contributed by atoms with Crippen molar-refractivity contribution in [2.45, 2.75) is 64.0 Å². The second-order valence-electron chi connectivity index (χ2n) is 8.39. The van der Waals surface area contributed by atoms with E-state index in [0.29, 0.717) is 0 Å². The molecule has 3 aliphatic rings. The lowest BCUT2D eigenvalue weighted by molar-refractivity contribution is 0.0553. The fourth-order valence-electron chi connectivity index (χ4n) is 5.31. The van der Waals surface area contributed by atoms with Crippen LogP contribution in [0.15, 0.2) is 24.3 Å². The van der Waals surface area contributed by atoms with Crippen LogP contribution in [-0.2, 0) is 0 Å². The van der Waals surface area contributed by atoms with E-state index in [1.54, 1.807) is 0 Å². The Morgan fingerprint density at radius 3 is 2.20 bits per heavy atom. The summed E-state index contributed by atoms with van der Waals surface area (Å²) in [6.07, 6.45) is 10.1. The maximum Gasteiger partial charge on any atom is 0.0396 e. The zero-order valence-corrected chi connectivity index (χ0v) is 16.0. The monoisotopic (exact) mass is 341 g/mol. The maximum atomic E-state index is 2.85. The maximum absolute atomic E-state index is 2.85. The lowest BCUT2D eigenvalue weighted by atomic mass is 9.91. The first-order chi connectivity index (χ1) is 12.3. The van der Waals surface area contributed by atoms with E-state index in [1.165, 1.54) is 95.5 Å². The SMILES string of the molecule is Cc1ccccc1N1CCN(C2CCCN(C3CCCCC3)C2)CC1. The number of piperidine rings is 1. The minimum Gasteiger partial charge on any atom is -0.369 e. The van der Waals surface area contributed by atoms with Gasteiger partial charge in [0.05, 0.1) is 0 Å². The van der Waals surface area contributed by atoms with E-state index >= 15 is 0 Å². The number of aryl methyl sites for hydroxylation is 1. The first-order valence-corrected chi connectivity index (χ1v) is 10.6. The molecular weight excluding hydrogens is 306 g/mol. The summed E-state index contributed by atoms with van der Waals surface area (Å²) in [5.41, 5.74) is 2.85. The van der Waals surface area contributed by atoms with E-state index in [0.717, 1.165) is 12.1 Å². The molecule has 0 spiro atoms. The van der Waals surface area contributed by atoms with Gasteiger partial charge in [-0.15, -0.1) is 0 Å². The second kappa shape index (κ2) is 8.09. The zero-order chi connectivity index (χ0) is 17.1. The molecule has 3 fully saturated rings. The number of piperazine rings is 1. The summed E-state index contributed by atoms with van der Waals surface area (Å²) in [5, 5.41) is 0. The van der Waals surface area contributed by atoms with E-state index in [4.69, 9.17) is 0 Å². The summed E-state index contributed by atoms with van der Waals surface area (Å²) in [4.78, 5) is 8.23. The van der Waals surface area contributed by atoms with Crippen LogP contribution in [0.25, 0.3) is 0 Å². The molecule has 1 aliphatic carbocycles. The van der Waals surface area contributed by atoms with Crippen molar-refractivity contribution < 1.29 is 0 Å². The van der Waals surface area contributed by atoms with Gasteiger partial charge in [0, 0.05) is 50.5 Å². The molecule has 0 aromatic heterocycles. The van der Waals surface area contributed by atoms with Gasteiger partial charge in [0.1, 0.15) is 0 Å².